The molecule has 0 radical (unpaired) electrons. The topological polar surface area (TPSA) is 140 Å². The van der Waals surface area contributed by atoms with Crippen LogP contribution >= 0.6 is 0 Å². The fraction of sp³-hybridized carbons (Fsp3) is 0.750. The van der Waals surface area contributed by atoms with Gasteiger partial charge in [0.15, 0.2) is 12.3 Å². The summed E-state index contributed by atoms with van der Waals surface area (Å²) in [5, 5.41) is 14.1. The Morgan fingerprint density at radius 1 is 1.38 bits per heavy atom. The van der Waals surface area contributed by atoms with Crippen LogP contribution in [0.25, 0.3) is 0 Å². The summed E-state index contributed by atoms with van der Waals surface area (Å²) < 4.78 is 4.50. The van der Waals surface area contributed by atoms with Crippen molar-refractivity contribution in [2.45, 2.75) is 32.7 Å². The van der Waals surface area contributed by atoms with E-state index in [1.165, 1.54) is 6.20 Å². The summed E-state index contributed by atoms with van der Waals surface area (Å²) in [6.07, 6.45) is 4.83. The molecule has 0 fully saturated rings. The minimum Gasteiger partial charge on any atom is -0.530 e. The Balaban J connectivity index is -0.000000228. The molecule has 0 spiro atoms. The second-order valence-electron chi connectivity index (χ2n) is 5.05. The molecule has 0 saturated carbocycles. The van der Waals surface area contributed by atoms with Crippen molar-refractivity contribution in [2.75, 3.05) is 47.5 Å². The van der Waals surface area contributed by atoms with Crippen LogP contribution in [0.3, 0.4) is 0 Å². The van der Waals surface area contributed by atoms with Gasteiger partial charge in [0.25, 0.3) is 0 Å². The average molecular weight is 621 g/mol. The van der Waals surface area contributed by atoms with E-state index in [1.54, 1.807) is 20.6 Å². The number of amides is 1. The van der Waals surface area contributed by atoms with Crippen molar-refractivity contribution in [2.24, 2.45) is 11.6 Å². The number of nitrogens with two attached hydrogens (primary N) is 2. The Morgan fingerprint density at radius 2 is 1.96 bits per heavy atom. The van der Waals surface area contributed by atoms with Gasteiger partial charge in [0, 0.05) is 20.1 Å². The minimum atomic E-state index is -0.478. The number of rotatable bonds is 12. The minimum absolute atomic E-state index is 0. The van der Waals surface area contributed by atoms with Gasteiger partial charge in [-0.25, -0.2) is 4.59 Å². The summed E-state index contributed by atoms with van der Waals surface area (Å²) in [6, 6.07) is -0.478. The quantitative estimate of drug-likeness (QED) is 0.0358. The molecule has 0 rings (SSSR count). The van der Waals surface area contributed by atoms with Crippen LogP contribution < -0.4 is 22.2 Å². The van der Waals surface area contributed by atoms with E-state index in [0.29, 0.717) is 19.4 Å². The van der Waals surface area contributed by atoms with E-state index in [0.717, 1.165) is 19.4 Å². The Labute approximate surface area is 151 Å². The number of carbonyl (C=O) groups is 1. The zero-order chi connectivity index (χ0) is 20.1. The summed E-state index contributed by atoms with van der Waals surface area (Å²) in [6.45, 7) is 5.87. The standard InChI is InChI=1S/C10H20N4O3.C4H11NO.C2H6.Fm/c1-14(12,5-9(11)6-15)10(7-16)3-2-4-13-8-17;1-5-3-4-6-2;1-2;/h5,7,10,15H,2-4,6,11-12H2,1H3,(H,13,17);5H,3-4H2,1-2H3;1-2H3;/b9-5-;;;/t10-,14?;;;/m1.../s1. The van der Waals surface area contributed by atoms with E-state index >= 15 is 0 Å². The molecule has 7 N–H and O–H groups in total. The monoisotopic (exact) mass is 620 g/mol. The summed E-state index contributed by atoms with van der Waals surface area (Å²) in [7, 11) is 5.21. The van der Waals surface area contributed by atoms with Crippen LogP contribution in [-0.4, -0.2) is 75.9 Å². The van der Waals surface area contributed by atoms with Gasteiger partial charge in [0.1, 0.15) is 6.20 Å². The van der Waals surface area contributed by atoms with Gasteiger partial charge in [0.2, 0.25) is 0 Å². The van der Waals surface area contributed by atoms with E-state index in [4.69, 9.17) is 21.4 Å². The molecule has 10 heteroatoms. The first kappa shape index (κ1) is 31.3. The fourth-order valence-corrected chi connectivity index (χ4v) is 1.63. The van der Waals surface area contributed by atoms with Crippen molar-refractivity contribution >= 4 is 12.7 Å². The maximum absolute atomic E-state index is 11.0. The van der Waals surface area contributed by atoms with Crippen LogP contribution in [0.1, 0.15) is 26.7 Å². The number of ether oxygens (including phenoxy) is 1. The molecule has 1 amide bonds. The molecule has 0 aliphatic rings. The zero-order valence-electron chi connectivity index (χ0n) is 16.5. The summed E-state index contributed by atoms with van der Waals surface area (Å²) >= 11 is 0. The van der Waals surface area contributed by atoms with E-state index in [1.807, 2.05) is 20.9 Å². The molecule has 9 nitrogen and oxygen atoms in total. The van der Waals surface area contributed by atoms with E-state index in [9.17, 15) is 9.59 Å². The van der Waals surface area contributed by atoms with Crippen molar-refractivity contribution in [3.8, 4) is 0 Å². The van der Waals surface area contributed by atoms with Crippen LogP contribution in [0.2, 0.25) is 0 Å². The van der Waals surface area contributed by atoms with E-state index < -0.39 is 6.04 Å². The smallest absolute Gasteiger partial charge is 0.179 e. The first-order valence-electron chi connectivity index (χ1n) is 8.30. The van der Waals surface area contributed by atoms with Gasteiger partial charge in [-0.05, 0) is 20.0 Å². The first-order valence-corrected chi connectivity index (χ1v) is 8.30. The number of hydrogen-bond acceptors (Lipinski definition) is 7. The second-order valence-corrected chi connectivity index (χ2v) is 5.05. The van der Waals surface area contributed by atoms with E-state index in [2.05, 4.69) is 10.6 Å². The number of nitrogens with one attached hydrogen (secondary N) is 2. The van der Waals surface area contributed by atoms with Crippen molar-refractivity contribution < 1.29 is 24.0 Å². The molecule has 0 bridgehead atoms. The van der Waals surface area contributed by atoms with Gasteiger partial charge >= 0.3 is 0 Å². The zero-order valence-corrected chi connectivity index (χ0v) is 18.9. The van der Waals surface area contributed by atoms with Crippen LogP contribution in [0, 0.1) is 0 Å². The Bertz CT molecular complexity index is 341. The van der Waals surface area contributed by atoms with E-state index in [-0.39, 0.29) is 16.9 Å². The molecule has 0 aromatic rings. The van der Waals surface area contributed by atoms with Crippen molar-refractivity contribution in [3.05, 3.63) is 11.9 Å². The number of aldehydes is 1. The number of likely N-dealkylation sites (N-methyl/N-ethyl adjacent to an activating group) is 2. The Kier molecular flexibility index (Phi) is 27.0. The molecule has 0 aliphatic heterocycles. The molecule has 0 aliphatic carbocycles. The third kappa shape index (κ3) is 19.5. The summed E-state index contributed by atoms with van der Waals surface area (Å²) in [5.41, 5.74) is 5.67. The SMILES string of the molecule is CC.CNCCOC.C[N+](N)(/C=C(\N)CO)[C@@H](C=O)CCCN[C-]=O.[Fm]. The summed E-state index contributed by atoms with van der Waals surface area (Å²) in [5.74, 6) is 5.90. The summed E-state index contributed by atoms with van der Waals surface area (Å²) in [4.78, 5) is 20.9. The van der Waals surface area contributed by atoms with Crippen molar-refractivity contribution in [1.29, 1.82) is 0 Å². The van der Waals surface area contributed by atoms with Gasteiger partial charge in [-0.2, -0.15) is 12.3 Å². The molecule has 162 valence electrons. The number of aliphatic hydroxyl groups is 1. The molecule has 0 saturated heterocycles. The number of nitrogens with zero attached hydrogens (tertiary/aromatic N) is 1. The molecule has 1 unspecified atom stereocenters. The normalized spacial score (nSPS) is 13.4. The Morgan fingerprint density at radius 3 is 2.31 bits per heavy atom. The average Bonchev–Trinajstić information content (AvgIpc) is 2.61. The van der Waals surface area contributed by atoms with Crippen molar-refractivity contribution in [3.63, 3.8) is 0 Å². The van der Waals surface area contributed by atoms with Gasteiger partial charge in [-0.3, -0.25) is 4.79 Å². The third-order valence-electron chi connectivity index (χ3n) is 2.93. The van der Waals surface area contributed by atoms with Crippen LogP contribution in [0.15, 0.2) is 11.9 Å². The maximum Gasteiger partial charge on any atom is 0.179 e. The van der Waals surface area contributed by atoms with Gasteiger partial charge < -0.3 is 31.0 Å². The molecule has 0 heterocycles. The molecular weight excluding hydrogens is 583 g/mol. The van der Waals surface area contributed by atoms with Gasteiger partial charge in [-0.1, -0.05) is 13.8 Å². The predicted octanol–water partition coefficient (Wildman–Crippen LogP) is -1.02. The predicted molar refractivity (Wildman–Crippen MR) is 99.7 cm³/mol. The molecule has 0 aromatic heterocycles. The molecule has 26 heavy (non-hydrogen) atoms. The molecule has 2 atom stereocenters. The van der Waals surface area contributed by atoms with Gasteiger partial charge in [0.05, 0.1) is 26.0 Å². The largest absolute Gasteiger partial charge is 0.530 e. The number of quaternary nitrogens is 1. The first-order chi connectivity index (χ1) is 11.9. The Hall–Kier alpha value is -2.52. The number of hydrogen-bond donors (Lipinski definition) is 5. The third-order valence-corrected chi connectivity index (χ3v) is 2.93. The van der Waals surface area contributed by atoms with Crippen molar-refractivity contribution in [1.82, 2.24) is 10.6 Å². The van der Waals surface area contributed by atoms with Gasteiger partial charge in [-0.15, -0.1) is 0 Å². The van der Waals surface area contributed by atoms with Crippen LogP contribution in [0.4, 0.5) is 0 Å². The maximum atomic E-state index is 11.0. The van der Waals surface area contributed by atoms with Crippen LogP contribution in [0.5, 0.6) is 0 Å². The number of methoxy groups -OCH3 is 1. The molecular formula is C16H37FmN5O4. The molecule has 0 aromatic carbocycles. The number of carbonyl (C=O) groups excluding carboxylic acids is 2. The number of aliphatic hydroxyl groups excluding tert-OH is 1. The van der Waals surface area contributed by atoms with Crippen LogP contribution in [-0.2, 0) is 14.3 Å². The fourth-order valence-electron chi connectivity index (χ4n) is 1.63. The second kappa shape index (κ2) is 22.5.